The molecule has 0 aliphatic rings. The van der Waals surface area contributed by atoms with E-state index in [4.69, 9.17) is 10.3 Å². The van der Waals surface area contributed by atoms with Crippen molar-refractivity contribution < 1.29 is 9.32 Å². The van der Waals surface area contributed by atoms with Crippen LogP contribution in [0.2, 0.25) is 0 Å². The van der Waals surface area contributed by atoms with Crippen molar-refractivity contribution in [1.29, 1.82) is 0 Å². The fourth-order valence-corrected chi connectivity index (χ4v) is 2.50. The van der Waals surface area contributed by atoms with E-state index in [9.17, 15) is 4.79 Å². The van der Waals surface area contributed by atoms with Gasteiger partial charge >= 0.3 is 0 Å². The maximum Gasteiger partial charge on any atom is 0.220 e. The number of hydrogen-bond donors (Lipinski definition) is 2. The highest BCUT2D eigenvalue weighted by molar-refractivity contribution is 5.77. The summed E-state index contributed by atoms with van der Waals surface area (Å²) in [4.78, 5) is 12.1. The Hall–Kier alpha value is -2.30. The molecule has 1 heterocycles. The van der Waals surface area contributed by atoms with E-state index in [0.29, 0.717) is 12.8 Å². The number of carbonyl (C=O) groups is 1. The minimum Gasteiger partial charge on any atom is -0.399 e. The number of benzene rings is 1. The third kappa shape index (κ3) is 3.62. The zero-order chi connectivity index (χ0) is 15.4. The van der Waals surface area contributed by atoms with Crippen molar-refractivity contribution in [2.24, 2.45) is 0 Å². The Kier molecular flexibility index (Phi) is 4.62. The fraction of sp³-hybridized carbons (Fsp3) is 0.375. The summed E-state index contributed by atoms with van der Waals surface area (Å²) in [5.41, 5.74) is 9.36. The Balaban J connectivity index is 1.92. The summed E-state index contributed by atoms with van der Waals surface area (Å²) in [6, 6.07) is 7.49. The van der Waals surface area contributed by atoms with Crippen LogP contribution < -0.4 is 11.1 Å². The Labute approximate surface area is 124 Å². The molecule has 1 amide bonds. The third-order valence-electron chi connectivity index (χ3n) is 3.58. The van der Waals surface area contributed by atoms with Gasteiger partial charge in [-0.25, -0.2) is 0 Å². The van der Waals surface area contributed by atoms with E-state index >= 15 is 0 Å². The van der Waals surface area contributed by atoms with E-state index in [2.05, 4.69) is 10.5 Å². The van der Waals surface area contributed by atoms with Crippen LogP contribution in [0.5, 0.6) is 0 Å². The highest BCUT2D eigenvalue weighted by Gasteiger charge is 2.18. The second-order valence-corrected chi connectivity index (χ2v) is 5.23. The van der Waals surface area contributed by atoms with E-state index in [1.807, 2.05) is 45.0 Å². The summed E-state index contributed by atoms with van der Waals surface area (Å²) in [5.74, 6) is 0.735. The van der Waals surface area contributed by atoms with E-state index in [-0.39, 0.29) is 11.9 Å². The van der Waals surface area contributed by atoms with Gasteiger partial charge in [-0.3, -0.25) is 4.79 Å². The van der Waals surface area contributed by atoms with E-state index in [1.54, 1.807) is 0 Å². The molecule has 0 aliphatic heterocycles. The summed E-state index contributed by atoms with van der Waals surface area (Å²) in [6.07, 6.45) is 1.04. The van der Waals surface area contributed by atoms with Crippen molar-refractivity contribution in [1.82, 2.24) is 10.5 Å². The number of carbonyl (C=O) groups excluding carboxylic acids is 1. The van der Waals surface area contributed by atoms with Crippen LogP contribution in [0.15, 0.2) is 28.8 Å². The summed E-state index contributed by atoms with van der Waals surface area (Å²) < 4.78 is 5.13. The first-order valence-corrected chi connectivity index (χ1v) is 7.04. The molecular formula is C16H21N3O2. The number of aromatic nitrogens is 1. The first kappa shape index (κ1) is 15.1. The van der Waals surface area contributed by atoms with Gasteiger partial charge in [-0.15, -0.1) is 0 Å². The lowest BCUT2D eigenvalue weighted by atomic mass is 10.1. The van der Waals surface area contributed by atoms with Crippen LogP contribution in [0, 0.1) is 13.8 Å². The Morgan fingerprint density at radius 2 is 2.10 bits per heavy atom. The highest BCUT2D eigenvalue weighted by atomic mass is 16.5. The molecule has 0 aliphatic carbocycles. The van der Waals surface area contributed by atoms with Crippen LogP contribution in [-0.4, -0.2) is 11.1 Å². The van der Waals surface area contributed by atoms with Gasteiger partial charge in [-0.1, -0.05) is 23.4 Å². The zero-order valence-electron chi connectivity index (χ0n) is 12.6. The molecule has 1 atom stereocenters. The third-order valence-corrected chi connectivity index (χ3v) is 3.58. The van der Waals surface area contributed by atoms with Crippen LogP contribution in [0.3, 0.4) is 0 Å². The minimum atomic E-state index is -0.114. The quantitative estimate of drug-likeness (QED) is 0.828. The molecule has 21 heavy (non-hydrogen) atoms. The standard InChI is InChI=1S/C16H21N3O2/c1-10(16-11(2)19-21-12(16)3)18-15(20)9-8-13-6-4-5-7-14(13)17/h4-7,10H,8-9,17H2,1-3H3,(H,18,20). The number of rotatable bonds is 5. The summed E-state index contributed by atoms with van der Waals surface area (Å²) >= 11 is 0. The van der Waals surface area contributed by atoms with Crippen LogP contribution in [0.4, 0.5) is 5.69 Å². The van der Waals surface area contributed by atoms with E-state index in [1.165, 1.54) is 0 Å². The Morgan fingerprint density at radius 3 is 2.71 bits per heavy atom. The van der Waals surface area contributed by atoms with E-state index < -0.39 is 0 Å². The van der Waals surface area contributed by atoms with Gasteiger partial charge in [0.25, 0.3) is 0 Å². The monoisotopic (exact) mass is 287 g/mol. The number of nitrogen functional groups attached to an aromatic ring is 1. The normalized spacial score (nSPS) is 12.1. The zero-order valence-corrected chi connectivity index (χ0v) is 12.6. The van der Waals surface area contributed by atoms with Gasteiger partial charge in [0, 0.05) is 17.7 Å². The molecule has 1 aromatic heterocycles. The molecule has 2 rings (SSSR count). The first-order valence-electron chi connectivity index (χ1n) is 7.04. The van der Waals surface area contributed by atoms with Crippen LogP contribution >= 0.6 is 0 Å². The maximum atomic E-state index is 12.1. The predicted octanol–water partition coefficient (Wildman–Crippen LogP) is 2.68. The molecular weight excluding hydrogens is 266 g/mol. The number of anilines is 1. The lowest BCUT2D eigenvalue weighted by Gasteiger charge is -2.14. The molecule has 5 heteroatoms. The predicted molar refractivity (Wildman–Crippen MR) is 81.7 cm³/mol. The highest BCUT2D eigenvalue weighted by Crippen LogP contribution is 2.21. The number of hydrogen-bond acceptors (Lipinski definition) is 4. The van der Waals surface area contributed by atoms with Gasteiger partial charge in [0.05, 0.1) is 11.7 Å². The van der Waals surface area contributed by atoms with E-state index in [0.717, 1.165) is 28.3 Å². The van der Waals surface area contributed by atoms with Gasteiger partial charge < -0.3 is 15.6 Å². The summed E-state index contributed by atoms with van der Waals surface area (Å²) in [6.45, 7) is 5.66. The van der Waals surface area contributed by atoms with Crippen molar-refractivity contribution in [3.63, 3.8) is 0 Å². The van der Waals surface area contributed by atoms with Crippen molar-refractivity contribution >= 4 is 11.6 Å². The summed E-state index contributed by atoms with van der Waals surface area (Å²) in [5, 5.41) is 6.88. The van der Waals surface area contributed by atoms with Gasteiger partial charge in [0.2, 0.25) is 5.91 Å². The summed E-state index contributed by atoms with van der Waals surface area (Å²) in [7, 11) is 0. The number of amides is 1. The average Bonchev–Trinajstić information content (AvgIpc) is 2.77. The molecule has 3 N–H and O–H groups in total. The smallest absolute Gasteiger partial charge is 0.220 e. The molecule has 0 fully saturated rings. The number of nitrogens with one attached hydrogen (secondary N) is 1. The van der Waals surface area contributed by atoms with Crippen LogP contribution in [0.1, 0.15) is 42.0 Å². The largest absolute Gasteiger partial charge is 0.399 e. The molecule has 5 nitrogen and oxygen atoms in total. The second kappa shape index (κ2) is 6.43. The molecule has 2 aromatic rings. The fourth-order valence-electron chi connectivity index (χ4n) is 2.50. The molecule has 1 aromatic carbocycles. The minimum absolute atomic E-state index is 0.00856. The van der Waals surface area contributed by atoms with Gasteiger partial charge in [-0.05, 0) is 38.8 Å². The number of nitrogens with zero attached hydrogens (tertiary/aromatic N) is 1. The maximum absolute atomic E-state index is 12.1. The molecule has 0 bridgehead atoms. The average molecular weight is 287 g/mol. The van der Waals surface area contributed by atoms with Gasteiger partial charge in [0.1, 0.15) is 5.76 Å². The van der Waals surface area contributed by atoms with Crippen molar-refractivity contribution in [2.75, 3.05) is 5.73 Å². The van der Waals surface area contributed by atoms with Crippen molar-refractivity contribution in [3.8, 4) is 0 Å². The van der Waals surface area contributed by atoms with Crippen LogP contribution in [-0.2, 0) is 11.2 Å². The lowest BCUT2D eigenvalue weighted by molar-refractivity contribution is -0.121. The lowest BCUT2D eigenvalue weighted by Crippen LogP contribution is -2.27. The second-order valence-electron chi connectivity index (χ2n) is 5.23. The topological polar surface area (TPSA) is 81.2 Å². The Morgan fingerprint density at radius 1 is 1.38 bits per heavy atom. The molecule has 0 saturated carbocycles. The Bertz CT molecular complexity index is 615. The SMILES string of the molecule is Cc1noc(C)c1C(C)NC(=O)CCc1ccccc1N. The molecule has 112 valence electrons. The number of para-hydroxylation sites is 1. The molecule has 1 unspecified atom stereocenters. The molecule has 0 spiro atoms. The number of nitrogens with two attached hydrogens (primary N) is 1. The number of aryl methyl sites for hydroxylation is 3. The van der Waals surface area contributed by atoms with Gasteiger partial charge in [0.15, 0.2) is 0 Å². The van der Waals surface area contributed by atoms with Gasteiger partial charge in [-0.2, -0.15) is 0 Å². The van der Waals surface area contributed by atoms with Crippen molar-refractivity contribution in [3.05, 3.63) is 46.8 Å². The van der Waals surface area contributed by atoms with Crippen molar-refractivity contribution in [2.45, 2.75) is 39.7 Å². The first-order chi connectivity index (χ1) is 9.99. The molecule has 0 radical (unpaired) electrons. The van der Waals surface area contributed by atoms with Crippen LogP contribution in [0.25, 0.3) is 0 Å². The molecule has 0 saturated heterocycles.